The molecule has 0 aliphatic heterocycles. The third-order valence-corrected chi connectivity index (χ3v) is 3.04. The van der Waals surface area contributed by atoms with Gasteiger partial charge in [-0.05, 0) is 23.8 Å². The molecule has 2 N–H and O–H groups in total. The van der Waals surface area contributed by atoms with Crippen LogP contribution in [0, 0.1) is 11.8 Å². The summed E-state index contributed by atoms with van der Waals surface area (Å²) in [4.78, 5) is 0. The molecule has 0 amide bonds. The number of hydrogen-bond acceptors (Lipinski definition) is 2. The first-order valence-electron chi connectivity index (χ1n) is 4.64. The van der Waals surface area contributed by atoms with Gasteiger partial charge in [0.15, 0.2) is 0 Å². The molecule has 12 heavy (non-hydrogen) atoms. The minimum Gasteiger partial charge on any atom is -0.389 e. The van der Waals surface area contributed by atoms with Gasteiger partial charge in [-0.3, -0.25) is 0 Å². The zero-order valence-electron chi connectivity index (χ0n) is 7.99. The van der Waals surface area contributed by atoms with Crippen molar-refractivity contribution in [3.8, 4) is 0 Å². The number of hydrogen-bond donors (Lipinski definition) is 2. The summed E-state index contributed by atoms with van der Waals surface area (Å²) in [5.41, 5.74) is 0.980. The highest BCUT2D eigenvalue weighted by atomic mass is 16.3. The van der Waals surface area contributed by atoms with Gasteiger partial charge in [-0.1, -0.05) is 26.8 Å². The lowest BCUT2D eigenvalue weighted by Crippen LogP contribution is -2.36. The summed E-state index contributed by atoms with van der Waals surface area (Å²) in [6.45, 7) is 5.97. The molecule has 0 bridgehead atoms. The fourth-order valence-corrected chi connectivity index (χ4v) is 1.73. The van der Waals surface area contributed by atoms with Gasteiger partial charge in [0.1, 0.15) is 0 Å². The van der Waals surface area contributed by atoms with Crippen molar-refractivity contribution in [2.45, 2.75) is 39.4 Å². The van der Waals surface area contributed by atoms with Gasteiger partial charge >= 0.3 is 0 Å². The lowest BCUT2D eigenvalue weighted by Gasteiger charge is -2.34. The SMILES string of the molecule is CCC1=C[C@H](O)C(C)C(C)C1O. The first-order valence-corrected chi connectivity index (χ1v) is 4.64. The second-order valence-electron chi connectivity index (χ2n) is 3.75. The predicted octanol–water partition coefficient (Wildman–Crippen LogP) is 1.33. The van der Waals surface area contributed by atoms with Gasteiger partial charge in [-0.25, -0.2) is 0 Å². The van der Waals surface area contributed by atoms with Crippen molar-refractivity contribution < 1.29 is 10.2 Å². The lowest BCUT2D eigenvalue weighted by atomic mass is 9.77. The van der Waals surface area contributed by atoms with Crippen LogP contribution in [-0.2, 0) is 0 Å². The Morgan fingerprint density at radius 3 is 2.33 bits per heavy atom. The highest BCUT2D eigenvalue weighted by Gasteiger charge is 2.31. The standard InChI is InChI=1S/C10H18O2/c1-4-8-5-9(11)6(2)7(3)10(8)12/h5-7,9-12H,4H2,1-3H3/t6?,7?,9-,10?/m0/s1. The molecule has 0 aromatic carbocycles. The fourth-order valence-electron chi connectivity index (χ4n) is 1.73. The molecule has 3 unspecified atom stereocenters. The van der Waals surface area contributed by atoms with Gasteiger partial charge in [-0.15, -0.1) is 0 Å². The minimum absolute atomic E-state index is 0.162. The van der Waals surface area contributed by atoms with Crippen molar-refractivity contribution in [2.24, 2.45) is 11.8 Å². The van der Waals surface area contributed by atoms with E-state index in [4.69, 9.17) is 0 Å². The van der Waals surface area contributed by atoms with E-state index in [1.165, 1.54) is 0 Å². The Labute approximate surface area is 73.9 Å². The van der Waals surface area contributed by atoms with Crippen molar-refractivity contribution in [2.75, 3.05) is 0 Å². The smallest absolute Gasteiger partial charge is 0.0780 e. The topological polar surface area (TPSA) is 40.5 Å². The van der Waals surface area contributed by atoms with Crippen LogP contribution in [0.4, 0.5) is 0 Å². The third-order valence-electron chi connectivity index (χ3n) is 3.04. The predicted molar refractivity (Wildman–Crippen MR) is 48.7 cm³/mol. The largest absolute Gasteiger partial charge is 0.389 e. The first-order chi connectivity index (χ1) is 5.57. The third kappa shape index (κ3) is 1.54. The number of aliphatic hydroxyl groups excluding tert-OH is 2. The van der Waals surface area contributed by atoms with Crippen LogP contribution in [-0.4, -0.2) is 22.4 Å². The maximum atomic E-state index is 9.75. The second kappa shape index (κ2) is 3.58. The molecule has 0 aromatic heterocycles. The molecular formula is C10H18O2. The molecule has 1 aliphatic rings. The monoisotopic (exact) mass is 170 g/mol. The molecule has 0 fully saturated rings. The molecule has 70 valence electrons. The highest BCUT2D eigenvalue weighted by Crippen LogP contribution is 2.30. The van der Waals surface area contributed by atoms with Crippen molar-refractivity contribution >= 4 is 0 Å². The van der Waals surface area contributed by atoms with Crippen LogP contribution in [0.15, 0.2) is 11.6 Å². The normalized spacial score (nSPS) is 42.6. The van der Waals surface area contributed by atoms with E-state index >= 15 is 0 Å². The van der Waals surface area contributed by atoms with Gasteiger partial charge in [0, 0.05) is 0 Å². The Bertz CT molecular complexity index is 186. The average molecular weight is 170 g/mol. The highest BCUT2D eigenvalue weighted by molar-refractivity contribution is 5.16. The van der Waals surface area contributed by atoms with E-state index < -0.39 is 0 Å². The summed E-state index contributed by atoms with van der Waals surface area (Å²) in [6.07, 6.45) is 1.90. The van der Waals surface area contributed by atoms with Crippen LogP contribution >= 0.6 is 0 Å². The summed E-state index contributed by atoms with van der Waals surface area (Å²) >= 11 is 0. The second-order valence-corrected chi connectivity index (χ2v) is 3.75. The summed E-state index contributed by atoms with van der Waals surface area (Å²) in [5.74, 6) is 0.329. The van der Waals surface area contributed by atoms with E-state index in [2.05, 4.69) is 0 Å². The van der Waals surface area contributed by atoms with E-state index in [1.807, 2.05) is 20.8 Å². The summed E-state index contributed by atoms with van der Waals surface area (Å²) in [6, 6.07) is 0. The van der Waals surface area contributed by atoms with Gasteiger partial charge in [0.2, 0.25) is 0 Å². The van der Waals surface area contributed by atoms with Crippen LogP contribution < -0.4 is 0 Å². The Balaban J connectivity index is 2.84. The Hall–Kier alpha value is -0.340. The molecule has 0 radical (unpaired) electrons. The molecule has 0 saturated heterocycles. The molecular weight excluding hydrogens is 152 g/mol. The molecule has 2 heteroatoms. The van der Waals surface area contributed by atoms with Gasteiger partial charge in [0.05, 0.1) is 12.2 Å². The maximum Gasteiger partial charge on any atom is 0.0780 e. The fraction of sp³-hybridized carbons (Fsp3) is 0.800. The van der Waals surface area contributed by atoms with Crippen LogP contribution in [0.5, 0.6) is 0 Å². The van der Waals surface area contributed by atoms with E-state index in [0.29, 0.717) is 0 Å². The molecule has 1 aliphatic carbocycles. The molecule has 0 spiro atoms. The quantitative estimate of drug-likeness (QED) is 0.583. The van der Waals surface area contributed by atoms with E-state index in [-0.39, 0.29) is 24.0 Å². The molecule has 4 atom stereocenters. The van der Waals surface area contributed by atoms with Crippen molar-refractivity contribution in [3.05, 3.63) is 11.6 Å². The molecule has 0 saturated carbocycles. The van der Waals surface area contributed by atoms with E-state index in [0.717, 1.165) is 12.0 Å². The molecule has 0 heterocycles. The minimum atomic E-state index is -0.377. The maximum absolute atomic E-state index is 9.75. The zero-order valence-corrected chi connectivity index (χ0v) is 7.99. The van der Waals surface area contributed by atoms with E-state index in [9.17, 15) is 10.2 Å². The first kappa shape index (κ1) is 9.75. The summed E-state index contributed by atoms with van der Waals surface area (Å²) < 4.78 is 0. The van der Waals surface area contributed by atoms with Gasteiger partial charge in [-0.2, -0.15) is 0 Å². The van der Waals surface area contributed by atoms with Crippen LogP contribution in [0.2, 0.25) is 0 Å². The van der Waals surface area contributed by atoms with Gasteiger partial charge in [0.25, 0.3) is 0 Å². The van der Waals surface area contributed by atoms with Crippen LogP contribution in [0.1, 0.15) is 27.2 Å². The summed E-state index contributed by atoms with van der Waals surface area (Å²) in [5, 5.41) is 19.3. The molecule has 0 aromatic rings. The lowest BCUT2D eigenvalue weighted by molar-refractivity contribution is 0.0415. The van der Waals surface area contributed by atoms with Crippen molar-refractivity contribution in [3.63, 3.8) is 0 Å². The zero-order chi connectivity index (χ0) is 9.30. The van der Waals surface area contributed by atoms with E-state index in [1.54, 1.807) is 6.08 Å². The van der Waals surface area contributed by atoms with Gasteiger partial charge < -0.3 is 10.2 Å². The Morgan fingerprint density at radius 2 is 1.83 bits per heavy atom. The number of rotatable bonds is 1. The van der Waals surface area contributed by atoms with Crippen molar-refractivity contribution in [1.82, 2.24) is 0 Å². The van der Waals surface area contributed by atoms with Crippen LogP contribution in [0.3, 0.4) is 0 Å². The summed E-state index contributed by atoms with van der Waals surface area (Å²) in [7, 11) is 0. The Morgan fingerprint density at radius 1 is 1.25 bits per heavy atom. The Kier molecular flexibility index (Phi) is 2.91. The van der Waals surface area contributed by atoms with Crippen molar-refractivity contribution in [1.29, 1.82) is 0 Å². The molecule has 1 rings (SSSR count). The molecule has 2 nitrogen and oxygen atoms in total. The number of aliphatic hydroxyl groups is 2. The van der Waals surface area contributed by atoms with Crippen LogP contribution in [0.25, 0.3) is 0 Å². The average Bonchev–Trinajstić information content (AvgIpc) is 2.08.